The Kier molecular flexibility index (Phi) is 6.31. The lowest BCUT2D eigenvalue weighted by Crippen LogP contribution is -2.33. The summed E-state index contributed by atoms with van der Waals surface area (Å²) in [5.41, 5.74) is 0.880. The number of benzene rings is 1. The number of carboxylic acids is 1. The van der Waals surface area contributed by atoms with Crippen LogP contribution in [0, 0.1) is 0 Å². The van der Waals surface area contributed by atoms with Crippen molar-refractivity contribution in [3.63, 3.8) is 0 Å². The SMILES string of the molecule is CC(=O)NCCNC(=O)CCC(=O)Nc1ccc2oc(C(=O)O)cc2c1. The lowest BCUT2D eigenvalue weighted by atomic mass is 10.2. The summed E-state index contributed by atoms with van der Waals surface area (Å²) in [5.74, 6) is -2.16. The molecule has 0 saturated carbocycles. The second-order valence-electron chi connectivity index (χ2n) is 5.55. The summed E-state index contributed by atoms with van der Waals surface area (Å²) in [4.78, 5) is 45.1. The molecule has 0 aliphatic carbocycles. The first-order valence-electron chi connectivity index (χ1n) is 7.93. The van der Waals surface area contributed by atoms with Crippen molar-refractivity contribution in [2.45, 2.75) is 19.8 Å². The van der Waals surface area contributed by atoms with E-state index in [4.69, 9.17) is 9.52 Å². The molecule has 138 valence electrons. The Labute approximate surface area is 148 Å². The number of rotatable bonds is 8. The van der Waals surface area contributed by atoms with Crippen LogP contribution in [0.2, 0.25) is 0 Å². The van der Waals surface area contributed by atoms with Gasteiger partial charge < -0.3 is 25.5 Å². The number of carboxylic acid groups (broad SMARTS) is 1. The van der Waals surface area contributed by atoms with Crippen LogP contribution in [-0.2, 0) is 14.4 Å². The van der Waals surface area contributed by atoms with Crippen LogP contribution in [0.5, 0.6) is 0 Å². The van der Waals surface area contributed by atoms with Crippen LogP contribution >= 0.6 is 0 Å². The highest BCUT2D eigenvalue weighted by molar-refractivity contribution is 5.97. The Hall–Kier alpha value is -3.36. The average Bonchev–Trinajstić information content (AvgIpc) is 3.00. The predicted octanol–water partition coefficient (Wildman–Crippen LogP) is 1.10. The molecule has 0 aliphatic heterocycles. The minimum atomic E-state index is -1.17. The van der Waals surface area contributed by atoms with Gasteiger partial charge in [0.1, 0.15) is 5.58 Å². The maximum absolute atomic E-state index is 11.9. The summed E-state index contributed by atoms with van der Waals surface area (Å²) in [6, 6.07) is 6.11. The summed E-state index contributed by atoms with van der Waals surface area (Å²) >= 11 is 0. The molecule has 0 radical (unpaired) electrons. The molecule has 0 unspecified atom stereocenters. The van der Waals surface area contributed by atoms with Gasteiger partial charge in [-0.3, -0.25) is 14.4 Å². The van der Waals surface area contributed by atoms with E-state index in [1.165, 1.54) is 13.0 Å². The standard InChI is InChI=1S/C17H19N3O6/c1-10(21)18-6-7-19-15(22)4-5-16(23)20-12-2-3-13-11(8-12)9-14(26-13)17(24)25/h2-3,8-9H,4-7H2,1H3,(H,18,21)(H,19,22)(H,20,23)(H,24,25). The van der Waals surface area contributed by atoms with Crippen molar-refractivity contribution in [1.82, 2.24) is 10.6 Å². The molecular formula is C17H19N3O6. The quantitative estimate of drug-likeness (QED) is 0.520. The first-order valence-corrected chi connectivity index (χ1v) is 7.93. The van der Waals surface area contributed by atoms with Crippen LogP contribution in [0.15, 0.2) is 28.7 Å². The van der Waals surface area contributed by atoms with Gasteiger partial charge in [-0.2, -0.15) is 0 Å². The maximum Gasteiger partial charge on any atom is 0.371 e. The number of furan rings is 1. The molecule has 0 bridgehead atoms. The van der Waals surface area contributed by atoms with Gasteiger partial charge in [0.2, 0.25) is 23.5 Å². The third-order valence-corrected chi connectivity index (χ3v) is 3.41. The van der Waals surface area contributed by atoms with Crippen LogP contribution in [0.1, 0.15) is 30.3 Å². The van der Waals surface area contributed by atoms with Gasteiger partial charge >= 0.3 is 5.97 Å². The van der Waals surface area contributed by atoms with E-state index in [0.29, 0.717) is 29.7 Å². The summed E-state index contributed by atoms with van der Waals surface area (Å²) < 4.78 is 5.14. The fraction of sp³-hybridized carbons (Fsp3) is 0.294. The van der Waals surface area contributed by atoms with Gasteiger partial charge in [-0.05, 0) is 24.3 Å². The zero-order chi connectivity index (χ0) is 19.1. The number of carbonyl (C=O) groups excluding carboxylic acids is 3. The largest absolute Gasteiger partial charge is 0.475 e. The van der Waals surface area contributed by atoms with Crippen molar-refractivity contribution in [2.75, 3.05) is 18.4 Å². The van der Waals surface area contributed by atoms with Crippen molar-refractivity contribution in [1.29, 1.82) is 0 Å². The number of hydrogen-bond donors (Lipinski definition) is 4. The molecule has 2 rings (SSSR count). The van der Waals surface area contributed by atoms with Crippen molar-refractivity contribution in [3.05, 3.63) is 30.0 Å². The Morgan fingerprint density at radius 2 is 1.69 bits per heavy atom. The van der Waals surface area contributed by atoms with E-state index in [-0.39, 0.29) is 36.3 Å². The lowest BCUT2D eigenvalue weighted by Gasteiger charge is -2.07. The Morgan fingerprint density at radius 1 is 1.00 bits per heavy atom. The minimum Gasteiger partial charge on any atom is -0.475 e. The molecule has 0 spiro atoms. The molecule has 0 atom stereocenters. The monoisotopic (exact) mass is 361 g/mol. The van der Waals surface area contributed by atoms with E-state index in [1.54, 1.807) is 18.2 Å². The second-order valence-corrected chi connectivity index (χ2v) is 5.55. The van der Waals surface area contributed by atoms with Gasteiger partial charge in [0.15, 0.2) is 0 Å². The van der Waals surface area contributed by atoms with Crippen molar-refractivity contribution < 1.29 is 28.7 Å². The predicted molar refractivity (Wildman–Crippen MR) is 92.7 cm³/mol. The van der Waals surface area contributed by atoms with Crippen LogP contribution in [0.25, 0.3) is 11.0 Å². The molecule has 3 amide bonds. The lowest BCUT2D eigenvalue weighted by molar-refractivity contribution is -0.124. The van der Waals surface area contributed by atoms with Crippen LogP contribution < -0.4 is 16.0 Å². The Morgan fingerprint density at radius 3 is 2.38 bits per heavy atom. The Balaban J connectivity index is 1.80. The normalized spacial score (nSPS) is 10.3. The summed E-state index contributed by atoms with van der Waals surface area (Å²) in [7, 11) is 0. The van der Waals surface area contributed by atoms with Gasteiger partial charge in [0, 0.05) is 43.9 Å². The van der Waals surface area contributed by atoms with Gasteiger partial charge in [0.25, 0.3) is 0 Å². The van der Waals surface area contributed by atoms with E-state index in [2.05, 4.69) is 16.0 Å². The van der Waals surface area contributed by atoms with Gasteiger partial charge in [0.05, 0.1) is 0 Å². The number of aromatic carboxylic acids is 1. The molecule has 1 aromatic carbocycles. The van der Waals surface area contributed by atoms with Crippen LogP contribution in [0.4, 0.5) is 5.69 Å². The van der Waals surface area contributed by atoms with Gasteiger partial charge in [-0.15, -0.1) is 0 Å². The number of anilines is 1. The highest BCUT2D eigenvalue weighted by Gasteiger charge is 2.12. The molecular weight excluding hydrogens is 342 g/mol. The summed E-state index contributed by atoms with van der Waals surface area (Å²) in [6.45, 7) is 2.01. The third-order valence-electron chi connectivity index (χ3n) is 3.41. The average molecular weight is 361 g/mol. The van der Waals surface area contributed by atoms with E-state index in [0.717, 1.165) is 0 Å². The number of fused-ring (bicyclic) bond motifs is 1. The molecule has 0 fully saturated rings. The Bertz CT molecular complexity index is 842. The second kappa shape index (κ2) is 8.65. The van der Waals surface area contributed by atoms with Crippen LogP contribution in [-0.4, -0.2) is 41.9 Å². The van der Waals surface area contributed by atoms with E-state index in [1.807, 2.05) is 0 Å². The van der Waals surface area contributed by atoms with Crippen molar-refractivity contribution in [3.8, 4) is 0 Å². The summed E-state index contributed by atoms with van der Waals surface area (Å²) in [6.07, 6.45) is 0.0127. The highest BCUT2D eigenvalue weighted by Crippen LogP contribution is 2.23. The van der Waals surface area contributed by atoms with E-state index in [9.17, 15) is 19.2 Å². The van der Waals surface area contributed by atoms with E-state index < -0.39 is 5.97 Å². The fourth-order valence-corrected chi connectivity index (χ4v) is 2.21. The number of amides is 3. The maximum atomic E-state index is 11.9. The molecule has 0 aliphatic rings. The van der Waals surface area contributed by atoms with Gasteiger partial charge in [-0.1, -0.05) is 0 Å². The first kappa shape index (κ1) is 19.0. The van der Waals surface area contributed by atoms with Crippen molar-refractivity contribution in [2.24, 2.45) is 0 Å². The fourth-order valence-electron chi connectivity index (χ4n) is 2.21. The molecule has 1 aromatic heterocycles. The number of nitrogens with one attached hydrogen (secondary N) is 3. The third kappa shape index (κ3) is 5.62. The number of carbonyl (C=O) groups is 4. The zero-order valence-electron chi connectivity index (χ0n) is 14.1. The molecule has 2 aromatic rings. The highest BCUT2D eigenvalue weighted by atomic mass is 16.4. The first-order chi connectivity index (χ1) is 12.3. The minimum absolute atomic E-state index is 0.00420. The van der Waals surface area contributed by atoms with E-state index >= 15 is 0 Å². The molecule has 4 N–H and O–H groups in total. The molecule has 1 heterocycles. The molecule has 9 nitrogen and oxygen atoms in total. The van der Waals surface area contributed by atoms with Crippen molar-refractivity contribution >= 4 is 40.3 Å². The number of hydrogen-bond acceptors (Lipinski definition) is 5. The zero-order valence-corrected chi connectivity index (χ0v) is 14.1. The summed E-state index contributed by atoms with van der Waals surface area (Å²) in [5, 5.41) is 17.2. The smallest absolute Gasteiger partial charge is 0.371 e. The topological polar surface area (TPSA) is 138 Å². The van der Waals surface area contributed by atoms with Crippen LogP contribution in [0.3, 0.4) is 0 Å². The molecule has 26 heavy (non-hydrogen) atoms. The van der Waals surface area contributed by atoms with Gasteiger partial charge in [-0.25, -0.2) is 4.79 Å². The molecule has 0 saturated heterocycles. The molecule has 9 heteroatoms.